The van der Waals surface area contributed by atoms with Gasteiger partial charge >= 0.3 is 0 Å². The van der Waals surface area contributed by atoms with E-state index in [0.29, 0.717) is 6.04 Å². The summed E-state index contributed by atoms with van der Waals surface area (Å²) in [6, 6.07) is 0.632. The summed E-state index contributed by atoms with van der Waals surface area (Å²) in [7, 11) is 2.09. The van der Waals surface area contributed by atoms with Crippen LogP contribution in [-0.2, 0) is 0 Å². The highest BCUT2D eigenvalue weighted by molar-refractivity contribution is 4.76. The predicted molar refractivity (Wildman–Crippen MR) is 88.5 cm³/mol. The van der Waals surface area contributed by atoms with Crippen molar-refractivity contribution in [3.63, 3.8) is 0 Å². The van der Waals surface area contributed by atoms with E-state index in [0.717, 1.165) is 29.6 Å². The molecular weight excluding hydrogens is 230 g/mol. The fourth-order valence-corrected chi connectivity index (χ4v) is 3.27. The molecule has 1 N–H and O–H groups in total. The molecule has 1 heteroatoms. The first-order valence-corrected chi connectivity index (χ1v) is 8.50. The fraction of sp³-hybridized carbons (Fsp3) is 1.00. The predicted octanol–water partition coefficient (Wildman–Crippen LogP) is 5.36. The Kier molecular flexibility index (Phi) is 9.78. The number of nitrogens with one attached hydrogen (secondary N) is 1. The quantitative estimate of drug-likeness (QED) is 0.563. The summed E-state index contributed by atoms with van der Waals surface area (Å²) in [6.45, 7) is 16.6. The minimum absolute atomic E-state index is 0.632. The molecule has 0 radical (unpaired) electrons. The maximum Gasteiger partial charge on any atom is 0.00640 e. The molecular formula is C18H39N. The molecule has 0 saturated carbocycles. The van der Waals surface area contributed by atoms with Gasteiger partial charge in [-0.2, -0.15) is 0 Å². The second-order valence-corrected chi connectivity index (χ2v) is 7.32. The van der Waals surface area contributed by atoms with Crippen LogP contribution < -0.4 is 5.32 Å². The highest BCUT2D eigenvalue weighted by Gasteiger charge is 2.23. The molecule has 0 spiro atoms. The van der Waals surface area contributed by atoms with Crippen LogP contribution in [0, 0.1) is 29.6 Å². The summed E-state index contributed by atoms with van der Waals surface area (Å²) in [5.74, 6) is 4.22. The zero-order chi connectivity index (χ0) is 15.0. The maximum absolute atomic E-state index is 3.42. The molecule has 4 unspecified atom stereocenters. The van der Waals surface area contributed by atoms with Crippen molar-refractivity contribution in [3.8, 4) is 0 Å². The van der Waals surface area contributed by atoms with Gasteiger partial charge in [0.25, 0.3) is 0 Å². The van der Waals surface area contributed by atoms with Gasteiger partial charge in [0, 0.05) is 6.04 Å². The molecule has 1 nitrogen and oxygen atoms in total. The second-order valence-electron chi connectivity index (χ2n) is 7.32. The lowest BCUT2D eigenvalue weighted by atomic mass is 9.78. The van der Waals surface area contributed by atoms with E-state index in [1.54, 1.807) is 0 Å². The van der Waals surface area contributed by atoms with Crippen molar-refractivity contribution in [3.05, 3.63) is 0 Å². The fourth-order valence-electron chi connectivity index (χ4n) is 3.27. The summed E-state index contributed by atoms with van der Waals surface area (Å²) < 4.78 is 0. The normalized spacial score (nSPS) is 18.6. The third kappa shape index (κ3) is 7.34. The zero-order valence-corrected chi connectivity index (χ0v) is 14.8. The molecule has 0 aromatic rings. The average molecular weight is 270 g/mol. The molecule has 0 saturated heterocycles. The van der Waals surface area contributed by atoms with Gasteiger partial charge < -0.3 is 5.32 Å². The topological polar surface area (TPSA) is 12.0 Å². The zero-order valence-electron chi connectivity index (χ0n) is 14.8. The molecule has 0 aliphatic rings. The highest BCUT2D eigenvalue weighted by atomic mass is 14.9. The van der Waals surface area contributed by atoms with Crippen LogP contribution in [-0.4, -0.2) is 13.1 Å². The van der Waals surface area contributed by atoms with Gasteiger partial charge in [0.05, 0.1) is 0 Å². The van der Waals surface area contributed by atoms with Gasteiger partial charge in [-0.3, -0.25) is 0 Å². The Morgan fingerprint density at radius 3 is 1.74 bits per heavy atom. The van der Waals surface area contributed by atoms with Crippen LogP contribution in [0.25, 0.3) is 0 Å². The van der Waals surface area contributed by atoms with Crippen LogP contribution in [0.5, 0.6) is 0 Å². The molecule has 0 rings (SSSR count). The lowest BCUT2D eigenvalue weighted by Crippen LogP contribution is -2.33. The summed E-state index contributed by atoms with van der Waals surface area (Å²) in [4.78, 5) is 0. The standard InChI is InChI=1S/C18H39N/c1-9-17(15(6)16(7)19-8)10-11-18(14(4)5)12-13(2)3/h13-19H,9-12H2,1-8H3. The first-order valence-electron chi connectivity index (χ1n) is 8.50. The van der Waals surface area contributed by atoms with Gasteiger partial charge in [-0.1, -0.05) is 48.0 Å². The van der Waals surface area contributed by atoms with Crippen molar-refractivity contribution >= 4 is 0 Å². The summed E-state index contributed by atoms with van der Waals surface area (Å²) in [6.07, 6.45) is 5.53. The Morgan fingerprint density at radius 1 is 0.842 bits per heavy atom. The van der Waals surface area contributed by atoms with Crippen LogP contribution >= 0.6 is 0 Å². The molecule has 116 valence electrons. The molecule has 0 aliphatic carbocycles. The van der Waals surface area contributed by atoms with Crippen LogP contribution in [0.2, 0.25) is 0 Å². The molecule has 4 atom stereocenters. The first kappa shape index (κ1) is 19.0. The van der Waals surface area contributed by atoms with Crippen LogP contribution in [0.15, 0.2) is 0 Å². The third-order valence-electron chi connectivity index (χ3n) is 5.14. The van der Waals surface area contributed by atoms with E-state index < -0.39 is 0 Å². The molecule has 0 fully saturated rings. The SMILES string of the molecule is CCC(CCC(CC(C)C)C(C)C)C(C)C(C)NC. The molecule has 0 heterocycles. The largest absolute Gasteiger partial charge is 0.317 e. The van der Waals surface area contributed by atoms with E-state index in [1.165, 1.54) is 25.7 Å². The Labute approximate surface area is 122 Å². The second kappa shape index (κ2) is 9.80. The van der Waals surface area contributed by atoms with Crippen molar-refractivity contribution in [1.29, 1.82) is 0 Å². The van der Waals surface area contributed by atoms with Crippen molar-refractivity contribution < 1.29 is 0 Å². The maximum atomic E-state index is 3.42. The van der Waals surface area contributed by atoms with Gasteiger partial charge in [-0.15, -0.1) is 0 Å². The van der Waals surface area contributed by atoms with E-state index in [2.05, 4.69) is 60.8 Å². The third-order valence-corrected chi connectivity index (χ3v) is 5.14. The monoisotopic (exact) mass is 269 g/mol. The summed E-state index contributed by atoms with van der Waals surface area (Å²) in [5.41, 5.74) is 0. The van der Waals surface area contributed by atoms with Gasteiger partial charge in [0.15, 0.2) is 0 Å². The van der Waals surface area contributed by atoms with Gasteiger partial charge in [-0.05, 0) is 62.8 Å². The van der Waals surface area contributed by atoms with Crippen molar-refractivity contribution in [2.45, 2.75) is 80.2 Å². The minimum atomic E-state index is 0.632. The van der Waals surface area contributed by atoms with E-state index in [4.69, 9.17) is 0 Å². The molecule has 0 amide bonds. The van der Waals surface area contributed by atoms with Crippen molar-refractivity contribution in [2.24, 2.45) is 29.6 Å². The van der Waals surface area contributed by atoms with Crippen LogP contribution in [0.3, 0.4) is 0 Å². The minimum Gasteiger partial charge on any atom is -0.317 e. The average Bonchev–Trinajstić information content (AvgIpc) is 2.35. The Morgan fingerprint density at radius 2 is 1.37 bits per heavy atom. The number of hydrogen-bond acceptors (Lipinski definition) is 1. The molecule has 0 bridgehead atoms. The lowest BCUT2D eigenvalue weighted by Gasteiger charge is -2.30. The van der Waals surface area contributed by atoms with Crippen molar-refractivity contribution in [2.75, 3.05) is 7.05 Å². The number of rotatable bonds is 10. The van der Waals surface area contributed by atoms with E-state index in [9.17, 15) is 0 Å². The Hall–Kier alpha value is -0.0400. The smallest absolute Gasteiger partial charge is 0.00640 e. The van der Waals surface area contributed by atoms with Gasteiger partial charge in [-0.25, -0.2) is 0 Å². The molecule has 19 heavy (non-hydrogen) atoms. The highest BCUT2D eigenvalue weighted by Crippen LogP contribution is 2.31. The lowest BCUT2D eigenvalue weighted by molar-refractivity contribution is 0.220. The Bertz CT molecular complexity index is 210. The van der Waals surface area contributed by atoms with Gasteiger partial charge in [0.2, 0.25) is 0 Å². The van der Waals surface area contributed by atoms with E-state index >= 15 is 0 Å². The van der Waals surface area contributed by atoms with Crippen LogP contribution in [0.1, 0.15) is 74.1 Å². The molecule has 0 aromatic carbocycles. The van der Waals surface area contributed by atoms with Gasteiger partial charge in [0.1, 0.15) is 0 Å². The van der Waals surface area contributed by atoms with Crippen molar-refractivity contribution in [1.82, 2.24) is 5.32 Å². The van der Waals surface area contributed by atoms with E-state index in [1.807, 2.05) is 0 Å². The van der Waals surface area contributed by atoms with Crippen LogP contribution in [0.4, 0.5) is 0 Å². The number of hydrogen-bond donors (Lipinski definition) is 1. The first-order chi connectivity index (χ1) is 8.83. The molecule has 0 aliphatic heterocycles. The summed E-state index contributed by atoms with van der Waals surface area (Å²) >= 11 is 0. The van der Waals surface area contributed by atoms with E-state index in [-0.39, 0.29) is 0 Å². The Balaban J connectivity index is 4.37. The molecule has 0 aromatic heterocycles. The summed E-state index contributed by atoms with van der Waals surface area (Å²) in [5, 5.41) is 3.42.